The van der Waals surface area contributed by atoms with Crippen LogP contribution in [0.25, 0.3) is 28.2 Å². The van der Waals surface area contributed by atoms with Crippen molar-refractivity contribution in [1.29, 1.82) is 0 Å². The van der Waals surface area contributed by atoms with Crippen LogP contribution in [0.3, 0.4) is 0 Å². The Hall–Kier alpha value is -2.96. The third-order valence-electron chi connectivity index (χ3n) is 5.27. The Kier molecular flexibility index (Phi) is 4.66. The number of nitrogens with zero attached hydrogens (tertiary/aromatic N) is 5. The molecular weight excluding hydrogens is 384 g/mol. The van der Waals surface area contributed by atoms with Gasteiger partial charge in [-0.2, -0.15) is 0 Å². The molecule has 4 heterocycles. The van der Waals surface area contributed by atoms with E-state index in [1.165, 1.54) is 0 Å². The van der Waals surface area contributed by atoms with Gasteiger partial charge in [0.15, 0.2) is 5.65 Å². The highest BCUT2D eigenvalue weighted by molar-refractivity contribution is 6.30. The van der Waals surface area contributed by atoms with E-state index in [2.05, 4.69) is 28.2 Å². The first-order chi connectivity index (χ1) is 14.2. The van der Waals surface area contributed by atoms with Crippen molar-refractivity contribution in [3.8, 4) is 22.5 Å². The Morgan fingerprint density at radius 1 is 0.966 bits per heavy atom. The van der Waals surface area contributed by atoms with Gasteiger partial charge in [-0.3, -0.25) is 4.98 Å². The number of aromatic nitrogens is 4. The molecule has 0 saturated carbocycles. The fourth-order valence-electron chi connectivity index (χ4n) is 3.78. The Balaban J connectivity index is 1.76. The molecule has 0 bridgehead atoms. The van der Waals surface area contributed by atoms with Gasteiger partial charge in [0.1, 0.15) is 11.5 Å². The molecule has 0 unspecified atom stereocenters. The molecule has 0 aliphatic carbocycles. The van der Waals surface area contributed by atoms with Gasteiger partial charge < -0.3 is 10.2 Å². The average molecular weight is 405 g/mol. The van der Waals surface area contributed by atoms with Gasteiger partial charge >= 0.3 is 0 Å². The van der Waals surface area contributed by atoms with Gasteiger partial charge in [-0.05, 0) is 42.8 Å². The number of hydrogen-bond donors (Lipinski definition) is 1. The number of benzene rings is 1. The molecule has 3 aromatic heterocycles. The van der Waals surface area contributed by atoms with Gasteiger partial charge in [-0.1, -0.05) is 23.7 Å². The first-order valence-corrected chi connectivity index (χ1v) is 10.1. The van der Waals surface area contributed by atoms with Crippen molar-refractivity contribution in [2.75, 3.05) is 31.1 Å². The second-order valence-corrected chi connectivity index (χ2v) is 7.65. The van der Waals surface area contributed by atoms with E-state index >= 15 is 0 Å². The molecule has 6 nitrogen and oxygen atoms in total. The minimum atomic E-state index is 0.707. The lowest BCUT2D eigenvalue weighted by atomic mass is 10.1. The number of fused-ring (bicyclic) bond motifs is 1. The SMILES string of the molecule is Cc1cc(N2CCNCC2)nn2c(-c3ccncc3)c(-c3ccc(Cl)cc3)nc12. The third kappa shape index (κ3) is 3.34. The molecule has 146 valence electrons. The monoisotopic (exact) mass is 404 g/mol. The molecule has 29 heavy (non-hydrogen) atoms. The fourth-order valence-corrected chi connectivity index (χ4v) is 3.91. The van der Waals surface area contributed by atoms with Crippen LogP contribution in [0.2, 0.25) is 5.02 Å². The second kappa shape index (κ2) is 7.46. The molecular formula is C22H21ClN6. The summed E-state index contributed by atoms with van der Waals surface area (Å²) in [5.74, 6) is 0.979. The number of hydrogen-bond acceptors (Lipinski definition) is 5. The fraction of sp³-hybridized carbons (Fsp3) is 0.227. The van der Waals surface area contributed by atoms with E-state index in [4.69, 9.17) is 21.7 Å². The van der Waals surface area contributed by atoms with Crippen molar-refractivity contribution >= 4 is 23.1 Å². The minimum Gasteiger partial charge on any atom is -0.353 e. The predicted octanol–water partition coefficient (Wildman–Crippen LogP) is 3.83. The summed E-state index contributed by atoms with van der Waals surface area (Å²) in [6.07, 6.45) is 3.60. The molecule has 1 aromatic carbocycles. The molecule has 0 radical (unpaired) electrons. The van der Waals surface area contributed by atoms with E-state index < -0.39 is 0 Å². The van der Waals surface area contributed by atoms with Gasteiger partial charge in [0, 0.05) is 54.7 Å². The van der Waals surface area contributed by atoms with Crippen LogP contribution >= 0.6 is 11.6 Å². The summed E-state index contributed by atoms with van der Waals surface area (Å²) in [5, 5.41) is 9.11. The molecule has 0 spiro atoms. The van der Waals surface area contributed by atoms with Crippen molar-refractivity contribution in [2.24, 2.45) is 0 Å². The van der Waals surface area contributed by atoms with Crippen molar-refractivity contribution < 1.29 is 0 Å². The van der Waals surface area contributed by atoms with E-state index in [1.807, 2.05) is 40.9 Å². The summed E-state index contributed by atoms with van der Waals surface area (Å²) < 4.78 is 1.98. The number of piperazine rings is 1. The Bertz CT molecular complexity index is 1150. The smallest absolute Gasteiger partial charge is 0.158 e. The molecule has 0 atom stereocenters. The van der Waals surface area contributed by atoms with Crippen LogP contribution in [-0.2, 0) is 0 Å². The highest BCUT2D eigenvalue weighted by Crippen LogP contribution is 2.34. The van der Waals surface area contributed by atoms with E-state index in [0.717, 1.165) is 65.7 Å². The van der Waals surface area contributed by atoms with Crippen LogP contribution in [0.15, 0.2) is 54.9 Å². The second-order valence-electron chi connectivity index (χ2n) is 7.21. The van der Waals surface area contributed by atoms with Crippen molar-refractivity contribution in [3.05, 3.63) is 65.4 Å². The van der Waals surface area contributed by atoms with E-state index in [1.54, 1.807) is 12.4 Å². The van der Waals surface area contributed by atoms with Crippen molar-refractivity contribution in [1.82, 2.24) is 24.9 Å². The van der Waals surface area contributed by atoms with Gasteiger partial charge in [0.05, 0.1) is 5.69 Å². The molecule has 0 amide bonds. The van der Waals surface area contributed by atoms with Crippen LogP contribution in [0.4, 0.5) is 5.82 Å². The maximum atomic E-state index is 6.11. The number of anilines is 1. The van der Waals surface area contributed by atoms with Crippen molar-refractivity contribution in [3.63, 3.8) is 0 Å². The molecule has 1 aliphatic rings. The predicted molar refractivity (Wildman–Crippen MR) is 116 cm³/mol. The number of aryl methyl sites for hydroxylation is 1. The average Bonchev–Trinajstić information content (AvgIpc) is 3.15. The third-order valence-corrected chi connectivity index (χ3v) is 5.52. The molecule has 1 aliphatic heterocycles. The quantitative estimate of drug-likeness (QED) is 0.562. The first kappa shape index (κ1) is 18.1. The Morgan fingerprint density at radius 3 is 2.41 bits per heavy atom. The zero-order valence-corrected chi connectivity index (χ0v) is 16.9. The van der Waals surface area contributed by atoms with E-state index in [-0.39, 0.29) is 0 Å². The first-order valence-electron chi connectivity index (χ1n) is 9.73. The number of halogens is 1. The number of pyridine rings is 1. The van der Waals surface area contributed by atoms with Gasteiger partial charge in [0.2, 0.25) is 0 Å². The standard InChI is InChI=1S/C22H21ClN6/c1-15-14-19(28-12-10-25-11-13-28)27-29-21(17-6-8-24-9-7-17)20(26-22(15)29)16-2-4-18(23)5-3-16/h2-9,14,25H,10-13H2,1H3. The van der Waals surface area contributed by atoms with Crippen LogP contribution in [0, 0.1) is 6.92 Å². The van der Waals surface area contributed by atoms with Gasteiger partial charge in [-0.15, -0.1) is 5.10 Å². The van der Waals surface area contributed by atoms with Crippen molar-refractivity contribution in [2.45, 2.75) is 6.92 Å². The van der Waals surface area contributed by atoms with Crippen LogP contribution in [-0.4, -0.2) is 45.8 Å². The van der Waals surface area contributed by atoms with Crippen LogP contribution in [0.5, 0.6) is 0 Å². The molecule has 4 aromatic rings. The lowest BCUT2D eigenvalue weighted by Crippen LogP contribution is -2.44. The lowest BCUT2D eigenvalue weighted by Gasteiger charge is -2.28. The van der Waals surface area contributed by atoms with Crippen LogP contribution in [0.1, 0.15) is 5.56 Å². The topological polar surface area (TPSA) is 58.4 Å². The van der Waals surface area contributed by atoms with Gasteiger partial charge in [-0.25, -0.2) is 9.50 Å². The largest absolute Gasteiger partial charge is 0.353 e. The number of rotatable bonds is 3. The molecule has 5 rings (SSSR count). The number of imidazole rings is 1. The summed E-state index contributed by atoms with van der Waals surface area (Å²) in [7, 11) is 0. The molecule has 1 saturated heterocycles. The van der Waals surface area contributed by atoms with E-state index in [9.17, 15) is 0 Å². The Morgan fingerprint density at radius 2 is 1.69 bits per heavy atom. The molecule has 1 N–H and O–H groups in total. The van der Waals surface area contributed by atoms with Gasteiger partial charge in [0.25, 0.3) is 0 Å². The summed E-state index contributed by atoms with van der Waals surface area (Å²) in [5.41, 5.74) is 5.85. The normalized spacial score (nSPS) is 14.5. The maximum absolute atomic E-state index is 6.11. The summed E-state index contributed by atoms with van der Waals surface area (Å²) in [6, 6.07) is 13.9. The summed E-state index contributed by atoms with van der Waals surface area (Å²) in [4.78, 5) is 11.5. The lowest BCUT2D eigenvalue weighted by molar-refractivity contribution is 0.581. The van der Waals surface area contributed by atoms with E-state index in [0.29, 0.717) is 5.02 Å². The highest BCUT2D eigenvalue weighted by Gasteiger charge is 2.21. The highest BCUT2D eigenvalue weighted by atomic mass is 35.5. The molecule has 7 heteroatoms. The maximum Gasteiger partial charge on any atom is 0.158 e. The zero-order chi connectivity index (χ0) is 19.8. The molecule has 1 fully saturated rings. The zero-order valence-electron chi connectivity index (χ0n) is 16.1. The minimum absolute atomic E-state index is 0.707. The Labute approximate surface area is 174 Å². The number of nitrogens with one attached hydrogen (secondary N) is 1. The summed E-state index contributed by atoms with van der Waals surface area (Å²) >= 11 is 6.11. The summed E-state index contributed by atoms with van der Waals surface area (Å²) in [6.45, 7) is 5.92. The van der Waals surface area contributed by atoms with Crippen LogP contribution < -0.4 is 10.2 Å².